The predicted octanol–water partition coefficient (Wildman–Crippen LogP) is 4.95. The zero-order valence-electron chi connectivity index (χ0n) is 18.3. The van der Waals surface area contributed by atoms with Gasteiger partial charge in [-0.15, -0.1) is 0 Å². The molecule has 34 heavy (non-hydrogen) atoms. The second-order valence-electron chi connectivity index (χ2n) is 8.82. The average Bonchev–Trinajstić information content (AvgIpc) is 3.21. The lowest BCUT2D eigenvalue weighted by atomic mass is 10.0. The van der Waals surface area contributed by atoms with E-state index in [1.807, 2.05) is 17.0 Å². The fourth-order valence-electron chi connectivity index (χ4n) is 4.60. The van der Waals surface area contributed by atoms with Gasteiger partial charge in [-0.3, -0.25) is 4.79 Å². The molecule has 3 aromatic rings. The maximum absolute atomic E-state index is 13.9. The SMILES string of the molecule is CC(Oc1cc(-c2ccc(C(=O)N3CC4C(N)C4C3)cc2)cnc1N)c1c(Cl)ccc(F)c1Cl. The number of likely N-dealkylation sites (tertiary alicyclic amines) is 1. The Morgan fingerprint density at radius 2 is 1.82 bits per heavy atom. The molecule has 0 bridgehead atoms. The molecule has 3 unspecified atom stereocenters. The van der Waals surface area contributed by atoms with Gasteiger partial charge in [-0.05, 0) is 54.7 Å². The van der Waals surface area contributed by atoms with E-state index in [1.165, 1.54) is 12.1 Å². The number of hydrogen-bond acceptors (Lipinski definition) is 5. The number of nitrogens with two attached hydrogens (primary N) is 2. The first-order valence-electron chi connectivity index (χ1n) is 11.0. The van der Waals surface area contributed by atoms with Gasteiger partial charge >= 0.3 is 0 Å². The van der Waals surface area contributed by atoms with Crippen LogP contribution in [0.4, 0.5) is 10.2 Å². The van der Waals surface area contributed by atoms with Crippen LogP contribution in [-0.4, -0.2) is 34.9 Å². The third-order valence-corrected chi connectivity index (χ3v) is 7.40. The first-order chi connectivity index (χ1) is 16.2. The molecule has 3 atom stereocenters. The smallest absolute Gasteiger partial charge is 0.253 e. The number of piperidine rings is 1. The van der Waals surface area contributed by atoms with E-state index in [2.05, 4.69) is 4.98 Å². The molecule has 1 saturated heterocycles. The molecule has 1 amide bonds. The highest BCUT2D eigenvalue weighted by Gasteiger charge is 2.54. The normalized spacial score (nSPS) is 21.8. The lowest BCUT2D eigenvalue weighted by Crippen LogP contribution is -2.33. The second kappa shape index (κ2) is 8.73. The first-order valence-corrected chi connectivity index (χ1v) is 11.7. The molecule has 2 heterocycles. The Bertz CT molecular complexity index is 1260. The van der Waals surface area contributed by atoms with Crippen LogP contribution in [0.1, 0.15) is 28.9 Å². The summed E-state index contributed by atoms with van der Waals surface area (Å²) in [4.78, 5) is 18.9. The van der Waals surface area contributed by atoms with Gasteiger partial charge in [0.2, 0.25) is 0 Å². The standard InChI is InChI=1S/C25H23Cl2FN4O2/c1-12(21-18(26)6-7-19(28)22(21)27)34-20-8-15(9-31-24(20)30)13-2-4-14(5-3-13)25(33)32-10-16-17(11-32)23(16)29/h2-9,12,16-17,23H,10-11,29H2,1H3,(H2,30,31). The molecule has 2 fully saturated rings. The Labute approximate surface area is 206 Å². The lowest BCUT2D eigenvalue weighted by Gasteiger charge is -2.20. The Kier molecular flexibility index (Phi) is 5.88. The van der Waals surface area contributed by atoms with E-state index in [1.54, 1.807) is 31.3 Å². The summed E-state index contributed by atoms with van der Waals surface area (Å²) >= 11 is 12.3. The Morgan fingerprint density at radius 1 is 1.15 bits per heavy atom. The fourth-order valence-corrected chi connectivity index (χ4v) is 5.28. The van der Waals surface area contributed by atoms with Crippen molar-refractivity contribution in [2.24, 2.45) is 17.6 Å². The van der Waals surface area contributed by atoms with Gasteiger partial charge in [0.15, 0.2) is 11.6 Å². The van der Waals surface area contributed by atoms with Crippen molar-refractivity contribution in [2.45, 2.75) is 19.1 Å². The van der Waals surface area contributed by atoms with Crippen molar-refractivity contribution in [2.75, 3.05) is 18.8 Å². The van der Waals surface area contributed by atoms with Gasteiger partial charge in [-0.25, -0.2) is 9.37 Å². The molecular weight excluding hydrogens is 478 g/mol. The highest BCUT2D eigenvalue weighted by atomic mass is 35.5. The Morgan fingerprint density at radius 3 is 2.50 bits per heavy atom. The summed E-state index contributed by atoms with van der Waals surface area (Å²) in [5.41, 5.74) is 14.5. The maximum Gasteiger partial charge on any atom is 0.253 e. The molecule has 1 aliphatic carbocycles. The van der Waals surface area contributed by atoms with E-state index in [-0.39, 0.29) is 22.8 Å². The number of fused-ring (bicyclic) bond motifs is 1. The van der Waals surface area contributed by atoms with Crippen LogP contribution in [0.5, 0.6) is 5.75 Å². The summed E-state index contributed by atoms with van der Waals surface area (Å²) < 4.78 is 19.9. The van der Waals surface area contributed by atoms with E-state index in [0.29, 0.717) is 33.7 Å². The number of halogens is 3. The lowest BCUT2D eigenvalue weighted by molar-refractivity contribution is 0.0773. The number of benzene rings is 2. The van der Waals surface area contributed by atoms with E-state index < -0.39 is 11.9 Å². The summed E-state index contributed by atoms with van der Waals surface area (Å²) in [6.45, 7) is 3.16. The highest BCUT2D eigenvalue weighted by molar-refractivity contribution is 6.36. The molecule has 1 saturated carbocycles. The molecule has 9 heteroatoms. The van der Waals surface area contributed by atoms with Crippen molar-refractivity contribution in [3.63, 3.8) is 0 Å². The van der Waals surface area contributed by atoms with Crippen LogP contribution < -0.4 is 16.2 Å². The number of rotatable bonds is 5. The summed E-state index contributed by atoms with van der Waals surface area (Å²) in [5, 5.41) is 0.194. The number of nitrogen functional groups attached to an aromatic ring is 1. The van der Waals surface area contributed by atoms with Gasteiger partial charge in [0, 0.05) is 47.0 Å². The van der Waals surface area contributed by atoms with E-state index in [0.717, 1.165) is 24.2 Å². The van der Waals surface area contributed by atoms with E-state index in [9.17, 15) is 9.18 Å². The molecule has 4 N–H and O–H groups in total. The zero-order valence-corrected chi connectivity index (χ0v) is 19.9. The zero-order chi connectivity index (χ0) is 24.1. The summed E-state index contributed by atoms with van der Waals surface area (Å²) in [5.74, 6) is 0.818. The molecular formula is C25H23Cl2FN4O2. The van der Waals surface area contributed by atoms with Crippen molar-refractivity contribution in [1.29, 1.82) is 0 Å². The summed E-state index contributed by atoms with van der Waals surface area (Å²) in [7, 11) is 0. The Balaban J connectivity index is 1.34. The third kappa shape index (κ3) is 4.08. The minimum atomic E-state index is -0.671. The monoisotopic (exact) mass is 500 g/mol. The third-order valence-electron chi connectivity index (χ3n) is 6.68. The predicted molar refractivity (Wildman–Crippen MR) is 130 cm³/mol. The van der Waals surface area contributed by atoms with Gasteiger partial charge in [0.1, 0.15) is 11.9 Å². The van der Waals surface area contributed by atoms with Crippen LogP contribution in [0.3, 0.4) is 0 Å². The van der Waals surface area contributed by atoms with Crippen molar-refractivity contribution < 1.29 is 13.9 Å². The van der Waals surface area contributed by atoms with Crippen molar-refractivity contribution in [3.05, 3.63) is 75.7 Å². The number of carbonyl (C=O) groups excluding carboxylic acids is 1. The van der Waals surface area contributed by atoms with Gasteiger partial charge < -0.3 is 21.1 Å². The van der Waals surface area contributed by atoms with Crippen molar-refractivity contribution in [1.82, 2.24) is 9.88 Å². The van der Waals surface area contributed by atoms with Crippen LogP contribution in [0.15, 0.2) is 48.7 Å². The molecule has 2 aliphatic rings. The van der Waals surface area contributed by atoms with Crippen LogP contribution in [0, 0.1) is 17.7 Å². The molecule has 176 valence electrons. The van der Waals surface area contributed by atoms with E-state index >= 15 is 0 Å². The fraction of sp³-hybridized carbons (Fsp3) is 0.280. The number of nitrogens with zero attached hydrogens (tertiary/aromatic N) is 2. The van der Waals surface area contributed by atoms with E-state index in [4.69, 9.17) is 39.4 Å². The van der Waals surface area contributed by atoms with Crippen LogP contribution >= 0.6 is 23.2 Å². The molecule has 2 aromatic carbocycles. The number of aromatic nitrogens is 1. The molecule has 0 spiro atoms. The molecule has 5 rings (SSSR count). The molecule has 1 aromatic heterocycles. The van der Waals surface area contributed by atoms with Gasteiger partial charge in [-0.1, -0.05) is 35.3 Å². The van der Waals surface area contributed by atoms with Gasteiger partial charge in [-0.2, -0.15) is 0 Å². The number of anilines is 1. The maximum atomic E-state index is 13.9. The number of carbonyl (C=O) groups is 1. The highest BCUT2D eigenvalue weighted by Crippen LogP contribution is 2.44. The van der Waals surface area contributed by atoms with Crippen LogP contribution in [-0.2, 0) is 0 Å². The minimum absolute atomic E-state index is 0.0167. The summed E-state index contributed by atoms with van der Waals surface area (Å²) in [6.07, 6.45) is 0.955. The molecule has 6 nitrogen and oxygen atoms in total. The molecule has 0 radical (unpaired) electrons. The van der Waals surface area contributed by atoms with Gasteiger partial charge in [0.25, 0.3) is 5.91 Å². The first kappa shape index (κ1) is 22.9. The quantitative estimate of drug-likeness (QED) is 0.483. The topological polar surface area (TPSA) is 94.5 Å². The van der Waals surface area contributed by atoms with Gasteiger partial charge in [0.05, 0.1) is 5.02 Å². The second-order valence-corrected chi connectivity index (χ2v) is 9.60. The Hall–Kier alpha value is -2.87. The van der Waals surface area contributed by atoms with Crippen molar-refractivity contribution in [3.8, 4) is 16.9 Å². The number of amides is 1. The van der Waals surface area contributed by atoms with Crippen molar-refractivity contribution >= 4 is 34.9 Å². The van der Waals surface area contributed by atoms with Crippen LogP contribution in [0.25, 0.3) is 11.1 Å². The van der Waals surface area contributed by atoms with Crippen LogP contribution in [0.2, 0.25) is 10.0 Å². The number of hydrogen-bond donors (Lipinski definition) is 2. The molecule has 1 aliphatic heterocycles. The largest absolute Gasteiger partial charge is 0.482 e. The minimum Gasteiger partial charge on any atom is -0.482 e. The average molecular weight is 501 g/mol. The number of ether oxygens (including phenoxy) is 1. The summed E-state index contributed by atoms with van der Waals surface area (Å²) in [6, 6.07) is 11.9. The number of pyridine rings is 1.